The van der Waals surface area contributed by atoms with Crippen molar-refractivity contribution in [2.75, 3.05) is 23.8 Å². The number of benzene rings is 1. The van der Waals surface area contributed by atoms with Crippen LogP contribution in [0.25, 0.3) is 0 Å². The first-order chi connectivity index (χ1) is 9.24. The third-order valence-electron chi connectivity index (χ3n) is 3.92. The standard InChI is InChI=1S/C15H20N2O2/c1-10-8-11(9-19-10)15(18)17-14-6-2-5-13-12(14)4-3-7-16-13/h2,5-6,10-11,16H,3-4,7-9H2,1H3,(H,17,18). The second kappa shape index (κ2) is 5.21. The van der Waals surface area contributed by atoms with Crippen LogP contribution in [0.15, 0.2) is 18.2 Å². The smallest absolute Gasteiger partial charge is 0.229 e. The number of anilines is 2. The number of carbonyl (C=O) groups excluding carboxylic acids is 1. The molecule has 0 spiro atoms. The van der Waals surface area contributed by atoms with E-state index in [2.05, 4.69) is 16.7 Å². The lowest BCUT2D eigenvalue weighted by atomic mass is 10.00. The van der Waals surface area contributed by atoms with E-state index in [0.717, 1.165) is 37.2 Å². The minimum atomic E-state index is -0.0117. The molecule has 1 fully saturated rings. The molecule has 2 aliphatic rings. The maximum Gasteiger partial charge on any atom is 0.229 e. The van der Waals surface area contributed by atoms with Gasteiger partial charge in [0.2, 0.25) is 5.91 Å². The quantitative estimate of drug-likeness (QED) is 0.858. The molecule has 1 aromatic carbocycles. The Morgan fingerprint density at radius 2 is 2.37 bits per heavy atom. The highest BCUT2D eigenvalue weighted by molar-refractivity contribution is 5.94. The highest BCUT2D eigenvalue weighted by Crippen LogP contribution is 2.30. The van der Waals surface area contributed by atoms with Crippen molar-refractivity contribution in [1.82, 2.24) is 0 Å². The highest BCUT2D eigenvalue weighted by atomic mass is 16.5. The molecule has 4 heteroatoms. The van der Waals surface area contributed by atoms with Crippen LogP contribution in [0.4, 0.5) is 11.4 Å². The van der Waals surface area contributed by atoms with E-state index in [1.807, 2.05) is 19.1 Å². The molecular formula is C15H20N2O2. The van der Waals surface area contributed by atoms with E-state index in [1.165, 1.54) is 5.56 Å². The number of fused-ring (bicyclic) bond motifs is 1. The highest BCUT2D eigenvalue weighted by Gasteiger charge is 2.28. The van der Waals surface area contributed by atoms with Crippen LogP contribution in [0.2, 0.25) is 0 Å². The number of nitrogens with one attached hydrogen (secondary N) is 2. The summed E-state index contributed by atoms with van der Waals surface area (Å²) in [5.74, 6) is 0.0747. The predicted octanol–water partition coefficient (Wildman–Crippen LogP) is 2.41. The zero-order chi connectivity index (χ0) is 13.2. The Hall–Kier alpha value is -1.55. The van der Waals surface area contributed by atoms with Crippen LogP contribution in [-0.4, -0.2) is 25.2 Å². The number of carbonyl (C=O) groups is 1. The molecule has 0 bridgehead atoms. The van der Waals surface area contributed by atoms with Gasteiger partial charge in [0.05, 0.1) is 18.6 Å². The number of rotatable bonds is 2. The second-order valence-corrected chi connectivity index (χ2v) is 5.43. The fraction of sp³-hybridized carbons (Fsp3) is 0.533. The number of hydrogen-bond acceptors (Lipinski definition) is 3. The van der Waals surface area contributed by atoms with E-state index in [4.69, 9.17) is 4.74 Å². The predicted molar refractivity (Wildman–Crippen MR) is 75.4 cm³/mol. The van der Waals surface area contributed by atoms with Gasteiger partial charge in [-0.25, -0.2) is 0 Å². The molecule has 1 aromatic rings. The van der Waals surface area contributed by atoms with Gasteiger partial charge in [0.15, 0.2) is 0 Å². The normalized spacial score (nSPS) is 25.5. The molecule has 1 amide bonds. The zero-order valence-corrected chi connectivity index (χ0v) is 11.2. The van der Waals surface area contributed by atoms with E-state index < -0.39 is 0 Å². The van der Waals surface area contributed by atoms with Gasteiger partial charge in [-0.15, -0.1) is 0 Å². The van der Waals surface area contributed by atoms with Crippen LogP contribution < -0.4 is 10.6 Å². The summed E-state index contributed by atoms with van der Waals surface area (Å²) in [5.41, 5.74) is 3.34. The molecule has 2 unspecified atom stereocenters. The average Bonchev–Trinajstić information content (AvgIpc) is 2.86. The zero-order valence-electron chi connectivity index (χ0n) is 11.2. The summed E-state index contributed by atoms with van der Waals surface area (Å²) in [7, 11) is 0. The molecule has 0 saturated carbocycles. The van der Waals surface area contributed by atoms with Gasteiger partial charge in [-0.2, -0.15) is 0 Å². The van der Waals surface area contributed by atoms with Gasteiger partial charge in [-0.05, 0) is 43.9 Å². The van der Waals surface area contributed by atoms with Crippen LogP contribution in [0.5, 0.6) is 0 Å². The van der Waals surface area contributed by atoms with Crippen molar-refractivity contribution in [1.29, 1.82) is 0 Å². The van der Waals surface area contributed by atoms with Crippen molar-refractivity contribution < 1.29 is 9.53 Å². The lowest BCUT2D eigenvalue weighted by Crippen LogP contribution is -2.24. The van der Waals surface area contributed by atoms with Gasteiger partial charge in [-0.3, -0.25) is 4.79 Å². The van der Waals surface area contributed by atoms with Gasteiger partial charge < -0.3 is 15.4 Å². The van der Waals surface area contributed by atoms with Crippen molar-refractivity contribution in [2.24, 2.45) is 5.92 Å². The minimum absolute atomic E-state index is 0.0117. The molecule has 0 radical (unpaired) electrons. The Morgan fingerprint density at radius 1 is 1.47 bits per heavy atom. The summed E-state index contributed by atoms with van der Waals surface area (Å²) in [5, 5.41) is 6.45. The summed E-state index contributed by atoms with van der Waals surface area (Å²) < 4.78 is 5.46. The fourth-order valence-corrected chi connectivity index (χ4v) is 2.86. The van der Waals surface area contributed by atoms with Crippen molar-refractivity contribution >= 4 is 17.3 Å². The maximum absolute atomic E-state index is 12.2. The van der Waals surface area contributed by atoms with Crippen molar-refractivity contribution in [2.45, 2.75) is 32.3 Å². The Bertz CT molecular complexity index is 487. The molecule has 102 valence electrons. The molecule has 0 aromatic heterocycles. The van der Waals surface area contributed by atoms with Crippen LogP contribution in [0, 0.1) is 5.92 Å². The molecule has 0 aliphatic carbocycles. The third-order valence-corrected chi connectivity index (χ3v) is 3.92. The Morgan fingerprint density at radius 3 is 3.16 bits per heavy atom. The Balaban J connectivity index is 1.74. The largest absolute Gasteiger partial charge is 0.385 e. The minimum Gasteiger partial charge on any atom is -0.385 e. The molecule has 2 aliphatic heterocycles. The molecule has 2 heterocycles. The summed E-state index contributed by atoms with van der Waals surface area (Å²) in [6.07, 6.45) is 3.15. The summed E-state index contributed by atoms with van der Waals surface area (Å²) in [6, 6.07) is 6.05. The van der Waals surface area contributed by atoms with Crippen LogP contribution in [0.3, 0.4) is 0 Å². The Labute approximate surface area is 113 Å². The third kappa shape index (κ3) is 2.59. The molecule has 1 saturated heterocycles. The molecule has 19 heavy (non-hydrogen) atoms. The fourth-order valence-electron chi connectivity index (χ4n) is 2.86. The topological polar surface area (TPSA) is 50.4 Å². The summed E-state index contributed by atoms with van der Waals surface area (Å²) >= 11 is 0. The first-order valence-corrected chi connectivity index (χ1v) is 7.02. The molecule has 2 N–H and O–H groups in total. The Kier molecular flexibility index (Phi) is 3.42. The van der Waals surface area contributed by atoms with E-state index in [9.17, 15) is 4.79 Å². The average molecular weight is 260 g/mol. The van der Waals surface area contributed by atoms with Gasteiger partial charge in [-0.1, -0.05) is 6.07 Å². The van der Waals surface area contributed by atoms with Crippen LogP contribution in [-0.2, 0) is 16.0 Å². The van der Waals surface area contributed by atoms with E-state index >= 15 is 0 Å². The van der Waals surface area contributed by atoms with Crippen molar-refractivity contribution in [3.63, 3.8) is 0 Å². The number of hydrogen-bond donors (Lipinski definition) is 2. The molecule has 2 atom stereocenters. The number of ether oxygens (including phenoxy) is 1. The van der Waals surface area contributed by atoms with Gasteiger partial charge in [0.1, 0.15) is 0 Å². The van der Waals surface area contributed by atoms with Crippen LogP contribution >= 0.6 is 0 Å². The van der Waals surface area contributed by atoms with Crippen molar-refractivity contribution in [3.05, 3.63) is 23.8 Å². The second-order valence-electron chi connectivity index (χ2n) is 5.43. The maximum atomic E-state index is 12.2. The monoisotopic (exact) mass is 260 g/mol. The van der Waals surface area contributed by atoms with Gasteiger partial charge in [0, 0.05) is 17.9 Å². The van der Waals surface area contributed by atoms with E-state index in [-0.39, 0.29) is 17.9 Å². The summed E-state index contributed by atoms with van der Waals surface area (Å²) in [4.78, 5) is 12.2. The van der Waals surface area contributed by atoms with Crippen molar-refractivity contribution in [3.8, 4) is 0 Å². The first kappa shape index (κ1) is 12.5. The number of amides is 1. The molecular weight excluding hydrogens is 240 g/mol. The summed E-state index contributed by atoms with van der Waals surface area (Å²) in [6.45, 7) is 3.57. The van der Waals surface area contributed by atoms with E-state index in [0.29, 0.717) is 6.61 Å². The molecule has 3 rings (SSSR count). The lowest BCUT2D eigenvalue weighted by molar-refractivity contribution is -0.119. The van der Waals surface area contributed by atoms with E-state index in [1.54, 1.807) is 0 Å². The van der Waals surface area contributed by atoms with Crippen LogP contribution in [0.1, 0.15) is 25.3 Å². The molecule has 4 nitrogen and oxygen atoms in total. The first-order valence-electron chi connectivity index (χ1n) is 7.02. The van der Waals surface area contributed by atoms with Gasteiger partial charge >= 0.3 is 0 Å². The SMILES string of the molecule is CC1CC(C(=O)Nc2cccc3c2CCCN3)CO1. The lowest BCUT2D eigenvalue weighted by Gasteiger charge is -2.21. The van der Waals surface area contributed by atoms with Gasteiger partial charge in [0.25, 0.3) is 0 Å².